The molecule has 0 saturated carbocycles. The van der Waals surface area contributed by atoms with Gasteiger partial charge in [-0.2, -0.15) is 0 Å². The second kappa shape index (κ2) is 5.05. The first-order valence-electron chi connectivity index (χ1n) is 5.18. The molecule has 0 bridgehead atoms. The quantitative estimate of drug-likeness (QED) is 0.739. The van der Waals surface area contributed by atoms with Crippen molar-refractivity contribution in [3.05, 3.63) is 29.6 Å². The highest BCUT2D eigenvalue weighted by atomic mass is 16.5. The number of nitrogens with zero attached hydrogens (tertiary/aromatic N) is 1. The average Bonchev–Trinajstić information content (AvgIpc) is 2.39. The minimum Gasteiger partial charge on any atom is -0.465 e. The van der Waals surface area contributed by atoms with Crippen LogP contribution in [0.3, 0.4) is 0 Å². The van der Waals surface area contributed by atoms with Crippen LogP contribution in [0.5, 0.6) is 0 Å². The SMILES string of the molecule is COC(=O)c1ccc(C2CNCCO2)nc1. The molecule has 86 valence electrons. The second-order valence-corrected chi connectivity index (χ2v) is 3.53. The first kappa shape index (κ1) is 11.0. The van der Waals surface area contributed by atoms with Gasteiger partial charge in [0.2, 0.25) is 0 Å². The van der Waals surface area contributed by atoms with Crippen LogP contribution in [0.1, 0.15) is 22.2 Å². The van der Waals surface area contributed by atoms with Gasteiger partial charge in [-0.1, -0.05) is 0 Å². The first-order chi connectivity index (χ1) is 7.81. The smallest absolute Gasteiger partial charge is 0.339 e. The number of aromatic nitrogens is 1. The van der Waals surface area contributed by atoms with E-state index < -0.39 is 0 Å². The summed E-state index contributed by atoms with van der Waals surface area (Å²) in [4.78, 5) is 15.4. The highest BCUT2D eigenvalue weighted by Gasteiger charge is 2.17. The molecule has 0 aliphatic carbocycles. The Balaban J connectivity index is 2.09. The zero-order chi connectivity index (χ0) is 11.4. The van der Waals surface area contributed by atoms with Gasteiger partial charge in [-0.05, 0) is 12.1 Å². The Labute approximate surface area is 93.8 Å². The number of rotatable bonds is 2. The van der Waals surface area contributed by atoms with Gasteiger partial charge in [0.25, 0.3) is 0 Å². The van der Waals surface area contributed by atoms with Gasteiger partial charge in [-0.15, -0.1) is 0 Å². The summed E-state index contributed by atoms with van der Waals surface area (Å²) in [5.41, 5.74) is 1.29. The first-order valence-corrected chi connectivity index (χ1v) is 5.18. The van der Waals surface area contributed by atoms with E-state index >= 15 is 0 Å². The summed E-state index contributed by atoms with van der Waals surface area (Å²) in [6.07, 6.45) is 1.49. The fourth-order valence-electron chi connectivity index (χ4n) is 1.59. The molecule has 1 unspecified atom stereocenters. The van der Waals surface area contributed by atoms with Gasteiger partial charge in [-0.3, -0.25) is 4.98 Å². The van der Waals surface area contributed by atoms with Crippen LogP contribution >= 0.6 is 0 Å². The van der Waals surface area contributed by atoms with E-state index in [0.717, 1.165) is 18.8 Å². The third-order valence-electron chi connectivity index (χ3n) is 2.46. The van der Waals surface area contributed by atoms with E-state index in [9.17, 15) is 4.79 Å². The molecule has 1 aliphatic rings. The third kappa shape index (κ3) is 2.37. The Kier molecular flexibility index (Phi) is 3.48. The predicted octanol–water partition coefficient (Wildman–Crippen LogP) is 0.529. The van der Waals surface area contributed by atoms with Crippen molar-refractivity contribution in [3.8, 4) is 0 Å². The summed E-state index contributed by atoms with van der Waals surface area (Å²) in [6.45, 7) is 2.31. The topological polar surface area (TPSA) is 60.5 Å². The molecule has 1 N–H and O–H groups in total. The van der Waals surface area contributed by atoms with Crippen LogP contribution in [-0.2, 0) is 9.47 Å². The number of hydrogen-bond donors (Lipinski definition) is 1. The van der Waals surface area contributed by atoms with Gasteiger partial charge < -0.3 is 14.8 Å². The van der Waals surface area contributed by atoms with Gasteiger partial charge >= 0.3 is 5.97 Å². The van der Waals surface area contributed by atoms with Crippen molar-refractivity contribution >= 4 is 5.97 Å². The van der Waals surface area contributed by atoms with E-state index in [2.05, 4.69) is 15.0 Å². The minimum absolute atomic E-state index is 0.0274. The number of carbonyl (C=O) groups excluding carboxylic acids is 1. The molecule has 1 aliphatic heterocycles. The number of ether oxygens (including phenoxy) is 2. The molecule has 1 fully saturated rings. The second-order valence-electron chi connectivity index (χ2n) is 3.53. The van der Waals surface area contributed by atoms with Crippen LogP contribution < -0.4 is 5.32 Å². The lowest BCUT2D eigenvalue weighted by atomic mass is 10.2. The fourth-order valence-corrected chi connectivity index (χ4v) is 1.59. The van der Waals surface area contributed by atoms with Gasteiger partial charge in [0, 0.05) is 19.3 Å². The monoisotopic (exact) mass is 222 g/mol. The molecule has 0 spiro atoms. The van der Waals surface area contributed by atoms with Crippen molar-refractivity contribution in [1.82, 2.24) is 10.3 Å². The van der Waals surface area contributed by atoms with Crippen LogP contribution in [0.25, 0.3) is 0 Å². The molecule has 1 atom stereocenters. The zero-order valence-electron chi connectivity index (χ0n) is 9.10. The Morgan fingerprint density at radius 2 is 2.50 bits per heavy atom. The summed E-state index contributed by atoms with van der Waals surface area (Å²) in [7, 11) is 1.35. The maximum atomic E-state index is 11.2. The van der Waals surface area contributed by atoms with Gasteiger partial charge in [0.1, 0.15) is 6.10 Å². The Bertz CT molecular complexity index is 358. The molecule has 5 nitrogen and oxygen atoms in total. The molecule has 1 aromatic rings. The Hall–Kier alpha value is -1.46. The van der Waals surface area contributed by atoms with Crippen LogP contribution in [-0.4, -0.2) is 37.8 Å². The summed E-state index contributed by atoms with van der Waals surface area (Å²) in [5.74, 6) is -0.373. The lowest BCUT2D eigenvalue weighted by Gasteiger charge is -2.23. The standard InChI is InChI=1S/C11H14N2O3/c1-15-11(14)8-2-3-9(13-6-8)10-7-12-4-5-16-10/h2-3,6,10,12H,4-5,7H2,1H3. The van der Waals surface area contributed by atoms with Crippen molar-refractivity contribution in [2.45, 2.75) is 6.10 Å². The molecule has 2 rings (SSSR count). The highest BCUT2D eigenvalue weighted by molar-refractivity contribution is 5.88. The lowest BCUT2D eigenvalue weighted by molar-refractivity contribution is 0.0249. The normalized spacial score (nSPS) is 20.4. The van der Waals surface area contributed by atoms with E-state index in [-0.39, 0.29) is 12.1 Å². The van der Waals surface area contributed by atoms with E-state index in [4.69, 9.17) is 4.74 Å². The number of nitrogens with one attached hydrogen (secondary N) is 1. The minimum atomic E-state index is -0.373. The molecular formula is C11H14N2O3. The van der Waals surface area contributed by atoms with Crippen molar-refractivity contribution in [2.75, 3.05) is 26.8 Å². The number of carbonyl (C=O) groups is 1. The van der Waals surface area contributed by atoms with Crippen molar-refractivity contribution in [3.63, 3.8) is 0 Å². The average molecular weight is 222 g/mol. The Morgan fingerprint density at radius 3 is 3.06 bits per heavy atom. The maximum Gasteiger partial charge on any atom is 0.339 e. The van der Waals surface area contributed by atoms with Crippen molar-refractivity contribution < 1.29 is 14.3 Å². The molecule has 0 radical (unpaired) electrons. The summed E-state index contributed by atoms with van der Waals surface area (Å²) in [5, 5.41) is 3.23. The number of methoxy groups -OCH3 is 1. The predicted molar refractivity (Wildman–Crippen MR) is 57.1 cm³/mol. The number of morpholine rings is 1. The highest BCUT2D eigenvalue weighted by Crippen LogP contribution is 2.16. The van der Waals surface area contributed by atoms with E-state index in [1.54, 1.807) is 12.1 Å². The van der Waals surface area contributed by atoms with Crippen molar-refractivity contribution in [1.29, 1.82) is 0 Å². The van der Waals surface area contributed by atoms with Gasteiger partial charge in [0.15, 0.2) is 0 Å². The summed E-state index contributed by atoms with van der Waals surface area (Å²) in [6, 6.07) is 3.50. The molecule has 16 heavy (non-hydrogen) atoms. The third-order valence-corrected chi connectivity index (χ3v) is 2.46. The molecule has 2 heterocycles. The van der Waals surface area contributed by atoms with Gasteiger partial charge in [-0.25, -0.2) is 4.79 Å². The van der Waals surface area contributed by atoms with Gasteiger partial charge in [0.05, 0.1) is 25.0 Å². The molecule has 0 amide bonds. The lowest BCUT2D eigenvalue weighted by Crippen LogP contribution is -2.33. The summed E-state index contributed by atoms with van der Waals surface area (Å²) >= 11 is 0. The van der Waals surface area contributed by atoms with E-state index in [1.807, 2.05) is 0 Å². The summed E-state index contributed by atoms with van der Waals surface area (Å²) < 4.78 is 10.1. The van der Waals surface area contributed by atoms with E-state index in [1.165, 1.54) is 13.3 Å². The van der Waals surface area contributed by atoms with Crippen molar-refractivity contribution in [2.24, 2.45) is 0 Å². The van der Waals surface area contributed by atoms with Crippen LogP contribution in [0.4, 0.5) is 0 Å². The molecular weight excluding hydrogens is 208 g/mol. The number of pyridine rings is 1. The zero-order valence-corrected chi connectivity index (χ0v) is 9.10. The number of hydrogen-bond acceptors (Lipinski definition) is 5. The maximum absolute atomic E-state index is 11.2. The molecule has 0 aromatic carbocycles. The van der Waals surface area contributed by atoms with E-state index in [0.29, 0.717) is 12.2 Å². The van der Waals surface area contributed by atoms with Crippen LogP contribution in [0.15, 0.2) is 18.3 Å². The number of esters is 1. The molecule has 5 heteroatoms. The largest absolute Gasteiger partial charge is 0.465 e. The molecule has 1 saturated heterocycles. The molecule has 1 aromatic heterocycles. The van der Waals surface area contributed by atoms with Crippen LogP contribution in [0, 0.1) is 0 Å². The van der Waals surface area contributed by atoms with Crippen LogP contribution in [0.2, 0.25) is 0 Å². The fraction of sp³-hybridized carbons (Fsp3) is 0.455. The Morgan fingerprint density at radius 1 is 1.62 bits per heavy atom.